The highest BCUT2D eigenvalue weighted by Gasteiger charge is 2.12. The van der Waals surface area contributed by atoms with Crippen molar-refractivity contribution >= 4 is 5.78 Å². The summed E-state index contributed by atoms with van der Waals surface area (Å²) in [5.74, 6) is -0.398. The lowest BCUT2D eigenvalue weighted by atomic mass is 10.2. The largest absolute Gasteiger partial charge is 0.333 e. The third-order valence-electron chi connectivity index (χ3n) is 2.51. The number of nitrogens with zero attached hydrogens (tertiary/aromatic N) is 2. The van der Waals surface area contributed by atoms with Crippen LogP contribution in [0, 0.1) is 6.92 Å². The molecule has 0 aliphatic rings. The molecule has 2 aromatic heterocycles. The van der Waals surface area contributed by atoms with Gasteiger partial charge in [-0.1, -0.05) is 0 Å². The van der Waals surface area contributed by atoms with Crippen molar-refractivity contribution in [2.24, 2.45) is 0 Å². The van der Waals surface area contributed by atoms with Gasteiger partial charge in [-0.3, -0.25) is 14.6 Å². The summed E-state index contributed by atoms with van der Waals surface area (Å²) in [5, 5.41) is 0. The molecule has 0 aliphatic heterocycles. The number of aryl methyl sites for hydroxylation is 1. The van der Waals surface area contributed by atoms with Crippen molar-refractivity contribution in [3.63, 3.8) is 0 Å². The Morgan fingerprint density at radius 3 is 2.61 bits per heavy atom. The lowest BCUT2D eigenvalue weighted by molar-refractivity contribution is 0.101. The minimum Gasteiger partial charge on any atom is -0.313 e. The van der Waals surface area contributed by atoms with Crippen LogP contribution < -0.4 is 11.2 Å². The van der Waals surface area contributed by atoms with Crippen LogP contribution >= 0.6 is 0 Å². The maximum atomic E-state index is 12.0. The fourth-order valence-electron chi connectivity index (χ4n) is 1.55. The maximum Gasteiger partial charge on any atom is 0.333 e. The molecule has 6 nitrogen and oxygen atoms in total. The Bertz CT molecular complexity index is 711. The van der Waals surface area contributed by atoms with Crippen LogP contribution in [-0.4, -0.2) is 20.3 Å². The summed E-state index contributed by atoms with van der Waals surface area (Å²) in [5.41, 5.74) is -0.205. The summed E-state index contributed by atoms with van der Waals surface area (Å²) >= 11 is 0. The van der Waals surface area contributed by atoms with Crippen molar-refractivity contribution in [2.75, 3.05) is 0 Å². The second-order valence-corrected chi connectivity index (χ2v) is 3.86. The van der Waals surface area contributed by atoms with Crippen LogP contribution in [0.3, 0.4) is 0 Å². The molecule has 1 N–H and O–H groups in total. The van der Waals surface area contributed by atoms with Gasteiger partial charge in [0.25, 0.3) is 5.56 Å². The molecule has 0 spiro atoms. The van der Waals surface area contributed by atoms with Gasteiger partial charge in [0.1, 0.15) is 0 Å². The Hall–Kier alpha value is -2.50. The minimum atomic E-state index is -0.642. The van der Waals surface area contributed by atoms with Crippen LogP contribution in [0.4, 0.5) is 0 Å². The van der Waals surface area contributed by atoms with Crippen molar-refractivity contribution in [3.05, 3.63) is 56.6 Å². The Morgan fingerprint density at radius 1 is 1.33 bits per heavy atom. The molecule has 0 aliphatic carbocycles. The number of aromatic nitrogens is 3. The van der Waals surface area contributed by atoms with Crippen LogP contribution in [-0.2, 0) is 0 Å². The van der Waals surface area contributed by atoms with Crippen molar-refractivity contribution < 1.29 is 4.79 Å². The van der Waals surface area contributed by atoms with Crippen LogP contribution in [0.2, 0.25) is 0 Å². The predicted octanol–water partition coefficient (Wildman–Crippen LogP) is 0.432. The molecule has 2 aromatic rings. The van der Waals surface area contributed by atoms with Gasteiger partial charge in [-0.15, -0.1) is 0 Å². The number of pyridine rings is 1. The number of rotatable bonds is 2. The average molecular weight is 245 g/mol. The second-order valence-electron chi connectivity index (χ2n) is 3.86. The zero-order valence-corrected chi connectivity index (χ0v) is 9.93. The molecule has 0 bridgehead atoms. The first-order valence-corrected chi connectivity index (χ1v) is 5.29. The molecule has 0 atom stereocenters. The van der Waals surface area contributed by atoms with E-state index in [-0.39, 0.29) is 5.56 Å². The number of ketones is 1. The van der Waals surface area contributed by atoms with Crippen molar-refractivity contribution in [3.8, 4) is 5.69 Å². The average Bonchev–Trinajstić information content (AvgIpc) is 2.31. The van der Waals surface area contributed by atoms with E-state index in [0.717, 1.165) is 16.5 Å². The molecule has 0 radical (unpaired) electrons. The van der Waals surface area contributed by atoms with Gasteiger partial charge in [0.05, 0.1) is 17.4 Å². The fourth-order valence-corrected chi connectivity index (χ4v) is 1.55. The molecule has 0 amide bonds. The highest BCUT2D eigenvalue weighted by Crippen LogP contribution is 2.01. The molecular weight excluding hydrogens is 234 g/mol. The highest BCUT2D eigenvalue weighted by molar-refractivity contribution is 5.93. The highest BCUT2D eigenvalue weighted by atomic mass is 16.2. The Morgan fingerprint density at radius 2 is 2.06 bits per heavy atom. The van der Waals surface area contributed by atoms with Gasteiger partial charge in [-0.25, -0.2) is 9.36 Å². The van der Waals surface area contributed by atoms with E-state index >= 15 is 0 Å². The Kier molecular flexibility index (Phi) is 2.93. The third kappa shape index (κ3) is 2.00. The SMILES string of the molecule is CC(=O)c1c[nH]c(=O)n(-c2ccc(C)nc2)c1=O. The van der Waals surface area contributed by atoms with E-state index in [9.17, 15) is 14.4 Å². The van der Waals surface area contributed by atoms with Crippen LogP contribution in [0.5, 0.6) is 0 Å². The standard InChI is InChI=1S/C12H11N3O3/c1-7-3-4-9(5-13-7)15-11(17)10(8(2)16)6-14-12(15)18/h3-6H,1-2H3,(H,14,18). The molecule has 18 heavy (non-hydrogen) atoms. The minimum absolute atomic E-state index is 0.0600. The zero-order valence-electron chi connectivity index (χ0n) is 9.93. The first-order chi connectivity index (χ1) is 8.50. The number of nitrogens with one attached hydrogen (secondary N) is 1. The van der Waals surface area contributed by atoms with Crippen LogP contribution in [0.25, 0.3) is 5.69 Å². The van der Waals surface area contributed by atoms with Gasteiger partial charge in [-0.05, 0) is 26.0 Å². The van der Waals surface area contributed by atoms with Gasteiger partial charge in [0.15, 0.2) is 5.78 Å². The molecule has 92 valence electrons. The number of aromatic amines is 1. The summed E-state index contributed by atoms with van der Waals surface area (Å²) in [4.78, 5) is 41.3. The van der Waals surface area contributed by atoms with Gasteiger partial charge in [0, 0.05) is 11.9 Å². The van der Waals surface area contributed by atoms with Crippen molar-refractivity contribution in [1.29, 1.82) is 0 Å². The van der Waals surface area contributed by atoms with E-state index in [4.69, 9.17) is 0 Å². The van der Waals surface area contributed by atoms with E-state index < -0.39 is 17.0 Å². The van der Waals surface area contributed by atoms with Crippen LogP contribution in [0.15, 0.2) is 34.1 Å². The lowest BCUT2D eigenvalue weighted by Gasteiger charge is -2.05. The number of carbonyl (C=O) groups is 1. The molecule has 0 unspecified atom stereocenters. The molecule has 0 saturated carbocycles. The van der Waals surface area contributed by atoms with E-state index in [0.29, 0.717) is 5.69 Å². The van der Waals surface area contributed by atoms with Gasteiger partial charge in [0.2, 0.25) is 0 Å². The summed E-state index contributed by atoms with van der Waals surface area (Å²) < 4.78 is 0.892. The molecule has 6 heteroatoms. The topological polar surface area (TPSA) is 84.8 Å². The third-order valence-corrected chi connectivity index (χ3v) is 2.51. The number of hydrogen-bond donors (Lipinski definition) is 1. The monoisotopic (exact) mass is 245 g/mol. The van der Waals surface area contributed by atoms with Crippen molar-refractivity contribution in [1.82, 2.24) is 14.5 Å². The van der Waals surface area contributed by atoms with Crippen LogP contribution in [0.1, 0.15) is 23.0 Å². The smallest absolute Gasteiger partial charge is 0.313 e. The molecule has 0 aromatic carbocycles. The maximum absolute atomic E-state index is 12.0. The summed E-state index contributed by atoms with van der Waals surface area (Å²) in [6.45, 7) is 3.07. The first kappa shape index (κ1) is 12.0. The Balaban J connectivity index is 2.75. The summed E-state index contributed by atoms with van der Waals surface area (Å²) in [7, 11) is 0. The van der Waals surface area contributed by atoms with Gasteiger partial charge < -0.3 is 4.98 Å². The predicted molar refractivity (Wildman–Crippen MR) is 65.2 cm³/mol. The van der Waals surface area contributed by atoms with E-state index in [1.165, 1.54) is 13.1 Å². The van der Waals surface area contributed by atoms with Gasteiger partial charge >= 0.3 is 5.69 Å². The fraction of sp³-hybridized carbons (Fsp3) is 0.167. The van der Waals surface area contributed by atoms with E-state index in [1.807, 2.05) is 0 Å². The lowest BCUT2D eigenvalue weighted by Crippen LogP contribution is -2.36. The number of carbonyl (C=O) groups excluding carboxylic acids is 1. The summed E-state index contributed by atoms with van der Waals surface area (Å²) in [6, 6.07) is 3.28. The number of Topliss-reactive ketones (excluding diaryl/α,β-unsaturated/α-hetero) is 1. The molecule has 0 saturated heterocycles. The molecule has 2 heterocycles. The second kappa shape index (κ2) is 4.40. The number of hydrogen-bond acceptors (Lipinski definition) is 4. The van der Waals surface area contributed by atoms with Crippen molar-refractivity contribution in [2.45, 2.75) is 13.8 Å². The zero-order chi connectivity index (χ0) is 13.3. The van der Waals surface area contributed by atoms with E-state index in [2.05, 4.69) is 9.97 Å². The quantitative estimate of drug-likeness (QED) is 0.777. The molecule has 2 rings (SSSR count). The van der Waals surface area contributed by atoms with E-state index in [1.54, 1.807) is 19.1 Å². The molecular formula is C12H11N3O3. The Labute approximate surface area is 102 Å². The van der Waals surface area contributed by atoms with Gasteiger partial charge in [-0.2, -0.15) is 0 Å². The normalized spacial score (nSPS) is 10.3. The first-order valence-electron chi connectivity index (χ1n) is 5.29. The number of H-pyrrole nitrogens is 1. The molecule has 0 fully saturated rings. The summed E-state index contributed by atoms with van der Waals surface area (Å²) in [6.07, 6.45) is 2.54.